The Morgan fingerprint density at radius 1 is 0.913 bits per heavy atom. The van der Waals surface area contributed by atoms with Crippen molar-refractivity contribution in [2.24, 2.45) is 0 Å². The van der Waals surface area contributed by atoms with Crippen molar-refractivity contribution in [3.8, 4) is 22.4 Å². The minimum Gasteiger partial charge on any atom is -0.233 e. The smallest absolute Gasteiger partial charge is 0.163 e. The average molecular weight is 364 g/mol. The van der Waals surface area contributed by atoms with Crippen LogP contribution in [-0.4, -0.2) is 14.6 Å². The van der Waals surface area contributed by atoms with Gasteiger partial charge in [0.15, 0.2) is 5.65 Å². The maximum absolute atomic E-state index is 4.71. The largest absolute Gasteiger partial charge is 0.233 e. The number of rotatable bonds is 2. The lowest BCUT2D eigenvalue weighted by Crippen LogP contribution is -1.98. The molecule has 4 heteroatoms. The molecule has 0 aliphatic heterocycles. The number of halogens is 1. The summed E-state index contributed by atoms with van der Waals surface area (Å²) in [4.78, 5) is 4.71. The Balaban J connectivity index is 1.97. The summed E-state index contributed by atoms with van der Waals surface area (Å²) in [5, 5.41) is 4.58. The van der Waals surface area contributed by atoms with E-state index in [2.05, 4.69) is 51.4 Å². The number of hydrogen-bond acceptors (Lipinski definition) is 2. The zero-order valence-electron chi connectivity index (χ0n) is 12.6. The van der Waals surface area contributed by atoms with Gasteiger partial charge in [-0.1, -0.05) is 58.4 Å². The second kappa shape index (κ2) is 5.63. The van der Waals surface area contributed by atoms with E-state index in [1.165, 1.54) is 0 Å². The lowest BCUT2D eigenvalue weighted by atomic mass is 10.1. The third-order valence-corrected chi connectivity index (χ3v) is 4.35. The van der Waals surface area contributed by atoms with E-state index in [1.54, 1.807) is 0 Å². The summed E-state index contributed by atoms with van der Waals surface area (Å²) in [6.07, 6.45) is 1.89. The monoisotopic (exact) mass is 363 g/mol. The van der Waals surface area contributed by atoms with Crippen molar-refractivity contribution in [2.45, 2.75) is 6.92 Å². The van der Waals surface area contributed by atoms with Crippen LogP contribution in [-0.2, 0) is 0 Å². The topological polar surface area (TPSA) is 30.2 Å². The summed E-state index contributed by atoms with van der Waals surface area (Å²) < 4.78 is 2.98. The van der Waals surface area contributed by atoms with Gasteiger partial charge in [-0.3, -0.25) is 0 Å². The Labute approximate surface area is 142 Å². The summed E-state index contributed by atoms with van der Waals surface area (Å²) in [7, 11) is 0. The lowest BCUT2D eigenvalue weighted by Gasteiger charge is -2.07. The van der Waals surface area contributed by atoms with Crippen molar-refractivity contribution in [2.75, 3.05) is 0 Å². The molecule has 2 aromatic heterocycles. The minimum atomic E-state index is 0.881. The van der Waals surface area contributed by atoms with Gasteiger partial charge in [0.25, 0.3) is 0 Å². The van der Waals surface area contributed by atoms with Gasteiger partial charge in [0.2, 0.25) is 0 Å². The van der Waals surface area contributed by atoms with Gasteiger partial charge in [-0.15, -0.1) is 0 Å². The summed E-state index contributed by atoms with van der Waals surface area (Å²) in [5.41, 5.74) is 6.20. The number of aromatic nitrogens is 3. The van der Waals surface area contributed by atoms with Crippen molar-refractivity contribution in [3.63, 3.8) is 0 Å². The highest BCUT2D eigenvalue weighted by molar-refractivity contribution is 9.10. The van der Waals surface area contributed by atoms with Gasteiger partial charge in [-0.2, -0.15) is 5.10 Å². The van der Waals surface area contributed by atoms with E-state index in [4.69, 9.17) is 4.98 Å². The van der Waals surface area contributed by atoms with E-state index in [-0.39, 0.29) is 0 Å². The molecule has 0 saturated heterocycles. The van der Waals surface area contributed by atoms with Gasteiger partial charge < -0.3 is 0 Å². The highest BCUT2D eigenvalue weighted by Crippen LogP contribution is 2.28. The number of hydrogen-bond donors (Lipinski definition) is 0. The molecule has 0 saturated carbocycles. The molecule has 0 bridgehead atoms. The first kappa shape index (κ1) is 14.2. The van der Waals surface area contributed by atoms with Crippen LogP contribution in [0.5, 0.6) is 0 Å². The molecule has 0 unspecified atom stereocenters. The Kier molecular flexibility index (Phi) is 3.46. The molecule has 0 radical (unpaired) electrons. The predicted molar refractivity (Wildman–Crippen MR) is 96.3 cm³/mol. The average Bonchev–Trinajstić information content (AvgIpc) is 2.99. The predicted octanol–water partition coefficient (Wildman–Crippen LogP) is 5.13. The molecule has 3 nitrogen and oxygen atoms in total. The fourth-order valence-electron chi connectivity index (χ4n) is 2.73. The van der Waals surface area contributed by atoms with Crippen LogP contribution in [0.1, 0.15) is 5.69 Å². The van der Waals surface area contributed by atoms with Crippen LogP contribution >= 0.6 is 15.9 Å². The molecule has 0 fully saturated rings. The highest BCUT2D eigenvalue weighted by Gasteiger charge is 2.13. The summed E-state index contributed by atoms with van der Waals surface area (Å²) in [5.74, 6) is 0. The van der Waals surface area contributed by atoms with E-state index in [9.17, 15) is 0 Å². The summed E-state index contributed by atoms with van der Waals surface area (Å²) in [6.45, 7) is 2.02. The number of aryl methyl sites for hydroxylation is 1. The molecular formula is C19H14BrN3. The molecule has 0 aliphatic rings. The molecule has 0 amide bonds. The van der Waals surface area contributed by atoms with Gasteiger partial charge in [-0.25, -0.2) is 9.50 Å². The zero-order valence-corrected chi connectivity index (χ0v) is 14.2. The molecule has 0 N–H and O–H groups in total. The van der Waals surface area contributed by atoms with E-state index < -0.39 is 0 Å². The first-order valence-electron chi connectivity index (χ1n) is 7.39. The van der Waals surface area contributed by atoms with E-state index >= 15 is 0 Å². The fourth-order valence-corrected chi connectivity index (χ4v) is 3.00. The van der Waals surface area contributed by atoms with E-state index in [0.717, 1.165) is 38.2 Å². The van der Waals surface area contributed by atoms with Crippen molar-refractivity contribution in [1.29, 1.82) is 0 Å². The normalized spacial score (nSPS) is 11.0. The Morgan fingerprint density at radius 3 is 2.39 bits per heavy atom. The van der Waals surface area contributed by atoms with Gasteiger partial charge in [-0.05, 0) is 30.7 Å². The molecule has 112 valence electrons. The second-order valence-electron chi connectivity index (χ2n) is 5.45. The van der Waals surface area contributed by atoms with Crippen LogP contribution in [0, 0.1) is 6.92 Å². The summed E-state index contributed by atoms with van der Waals surface area (Å²) >= 11 is 3.48. The van der Waals surface area contributed by atoms with Crippen LogP contribution in [0.2, 0.25) is 0 Å². The molecule has 23 heavy (non-hydrogen) atoms. The molecule has 0 atom stereocenters. The maximum Gasteiger partial charge on any atom is 0.163 e. The SMILES string of the molecule is Cc1cc(-c2ccccc2)n2ncc(-c3ccc(Br)cc3)c2n1. The van der Waals surface area contributed by atoms with Crippen LogP contribution in [0.4, 0.5) is 0 Å². The zero-order chi connectivity index (χ0) is 15.8. The van der Waals surface area contributed by atoms with Crippen LogP contribution in [0.25, 0.3) is 28.0 Å². The quantitative estimate of drug-likeness (QED) is 0.493. The number of nitrogens with zero attached hydrogens (tertiary/aromatic N) is 3. The Hall–Kier alpha value is -2.46. The van der Waals surface area contributed by atoms with Crippen molar-refractivity contribution < 1.29 is 0 Å². The van der Waals surface area contributed by atoms with Crippen LogP contribution < -0.4 is 0 Å². The molecule has 2 heterocycles. The summed E-state index contributed by atoms with van der Waals surface area (Å²) in [6, 6.07) is 20.6. The number of benzene rings is 2. The first-order chi connectivity index (χ1) is 11.2. The highest BCUT2D eigenvalue weighted by atomic mass is 79.9. The second-order valence-corrected chi connectivity index (χ2v) is 6.37. The Bertz CT molecular complexity index is 973. The molecule has 2 aromatic carbocycles. The van der Waals surface area contributed by atoms with Crippen molar-refractivity contribution >= 4 is 21.6 Å². The van der Waals surface area contributed by atoms with Crippen molar-refractivity contribution in [1.82, 2.24) is 14.6 Å². The fraction of sp³-hybridized carbons (Fsp3) is 0.0526. The van der Waals surface area contributed by atoms with Crippen molar-refractivity contribution in [3.05, 3.63) is 77.0 Å². The van der Waals surface area contributed by atoms with E-state index in [0.29, 0.717) is 0 Å². The molecule has 4 rings (SSSR count). The van der Waals surface area contributed by atoms with Gasteiger partial charge in [0.1, 0.15) is 0 Å². The van der Waals surface area contributed by atoms with Gasteiger partial charge >= 0.3 is 0 Å². The first-order valence-corrected chi connectivity index (χ1v) is 8.18. The lowest BCUT2D eigenvalue weighted by molar-refractivity contribution is 0.938. The Morgan fingerprint density at radius 2 is 1.65 bits per heavy atom. The third-order valence-electron chi connectivity index (χ3n) is 3.82. The minimum absolute atomic E-state index is 0.881. The van der Waals surface area contributed by atoms with Gasteiger partial charge in [0, 0.05) is 21.3 Å². The third kappa shape index (κ3) is 2.55. The van der Waals surface area contributed by atoms with Crippen LogP contribution in [0.3, 0.4) is 0 Å². The number of fused-ring (bicyclic) bond motifs is 1. The standard InChI is InChI=1S/C19H14BrN3/c1-13-11-18(15-5-3-2-4-6-15)23-19(22-13)17(12-21-23)14-7-9-16(20)10-8-14/h2-12H,1H3. The molecular weight excluding hydrogens is 350 g/mol. The van der Waals surface area contributed by atoms with Gasteiger partial charge in [0.05, 0.1) is 11.9 Å². The maximum atomic E-state index is 4.71. The van der Waals surface area contributed by atoms with Crippen LogP contribution in [0.15, 0.2) is 71.3 Å². The molecule has 4 aromatic rings. The molecule has 0 aliphatic carbocycles. The molecule has 0 spiro atoms. The van der Waals surface area contributed by atoms with E-state index in [1.807, 2.05) is 48.0 Å².